The van der Waals surface area contributed by atoms with Crippen LogP contribution in [0.4, 0.5) is 0 Å². The highest BCUT2D eigenvalue weighted by Crippen LogP contribution is 2.25. The van der Waals surface area contributed by atoms with Crippen LogP contribution in [0.15, 0.2) is 15.7 Å². The van der Waals surface area contributed by atoms with E-state index in [0.29, 0.717) is 23.7 Å². The van der Waals surface area contributed by atoms with Crippen molar-refractivity contribution >= 4 is 27.3 Å². The van der Waals surface area contributed by atoms with E-state index in [4.69, 9.17) is 4.74 Å². The third kappa shape index (κ3) is 3.34. The van der Waals surface area contributed by atoms with Gasteiger partial charge in [-0.05, 0) is 43.2 Å². The van der Waals surface area contributed by atoms with Gasteiger partial charge in [0.2, 0.25) is 15.9 Å². The van der Waals surface area contributed by atoms with Crippen molar-refractivity contribution in [2.75, 3.05) is 6.61 Å². The molecule has 0 unspecified atom stereocenters. The molecule has 3 heterocycles. The molecule has 1 amide bonds. The first-order valence-corrected chi connectivity index (χ1v) is 9.80. The van der Waals surface area contributed by atoms with Gasteiger partial charge in [0.05, 0.1) is 12.1 Å². The van der Waals surface area contributed by atoms with Crippen LogP contribution in [0.2, 0.25) is 0 Å². The van der Waals surface area contributed by atoms with E-state index in [0.717, 1.165) is 18.4 Å². The van der Waals surface area contributed by atoms with E-state index in [1.807, 2.05) is 12.3 Å². The molecule has 0 saturated carbocycles. The topological polar surface area (TPSA) is 84.5 Å². The molecular formula is C14H20N2O4S2. The zero-order chi connectivity index (χ0) is 15.7. The molecule has 122 valence electrons. The number of piperidine rings is 1. The highest BCUT2D eigenvalue weighted by molar-refractivity contribution is 7.91. The van der Waals surface area contributed by atoms with Gasteiger partial charge in [0.15, 0.2) is 0 Å². The van der Waals surface area contributed by atoms with Gasteiger partial charge in [-0.25, -0.2) is 13.1 Å². The van der Waals surface area contributed by atoms with Crippen LogP contribution in [0.5, 0.6) is 0 Å². The van der Waals surface area contributed by atoms with Crippen molar-refractivity contribution in [1.82, 2.24) is 10.0 Å². The number of nitrogens with one attached hydrogen (secondary N) is 2. The first kappa shape index (κ1) is 15.9. The Labute approximate surface area is 134 Å². The van der Waals surface area contributed by atoms with Crippen LogP contribution in [-0.4, -0.2) is 39.1 Å². The second-order valence-electron chi connectivity index (χ2n) is 5.85. The molecule has 1 aromatic rings. The number of carbonyl (C=O) groups is 1. The van der Waals surface area contributed by atoms with Gasteiger partial charge >= 0.3 is 0 Å². The Morgan fingerprint density at radius 2 is 2.23 bits per heavy atom. The zero-order valence-electron chi connectivity index (χ0n) is 12.4. The van der Waals surface area contributed by atoms with Crippen LogP contribution < -0.4 is 10.0 Å². The number of ether oxygens (including phenoxy) is 1. The Bertz CT molecular complexity index is 650. The van der Waals surface area contributed by atoms with Crippen molar-refractivity contribution in [3.05, 3.63) is 17.0 Å². The maximum atomic E-state index is 12.5. The second kappa shape index (κ2) is 6.27. The molecule has 2 saturated heterocycles. The molecule has 1 aromatic heterocycles. The highest BCUT2D eigenvalue weighted by atomic mass is 32.2. The van der Waals surface area contributed by atoms with Gasteiger partial charge in [-0.15, -0.1) is 11.3 Å². The molecule has 2 aliphatic heterocycles. The fourth-order valence-corrected chi connectivity index (χ4v) is 5.54. The summed E-state index contributed by atoms with van der Waals surface area (Å²) < 4.78 is 33.7. The fourth-order valence-electron chi connectivity index (χ4n) is 3.00. The van der Waals surface area contributed by atoms with Gasteiger partial charge in [-0.2, -0.15) is 0 Å². The monoisotopic (exact) mass is 344 g/mol. The number of carbonyl (C=O) groups excluding carboxylic acids is 1. The molecule has 8 heteroatoms. The van der Waals surface area contributed by atoms with E-state index < -0.39 is 10.0 Å². The van der Waals surface area contributed by atoms with Crippen molar-refractivity contribution in [2.45, 2.75) is 55.0 Å². The minimum atomic E-state index is -3.56. The molecule has 0 radical (unpaired) electrons. The third-order valence-corrected chi connectivity index (χ3v) is 7.13. The average Bonchev–Trinajstić information content (AvgIpc) is 3.12. The smallest absolute Gasteiger partial charge is 0.250 e. The fraction of sp³-hybridized carbons (Fsp3) is 0.643. The molecule has 3 atom stereocenters. The molecule has 2 aliphatic rings. The van der Waals surface area contributed by atoms with Gasteiger partial charge in [-0.3, -0.25) is 4.79 Å². The van der Waals surface area contributed by atoms with E-state index in [9.17, 15) is 13.2 Å². The molecule has 0 bridgehead atoms. The summed E-state index contributed by atoms with van der Waals surface area (Å²) in [5.74, 6) is -0.0390. The minimum Gasteiger partial charge on any atom is -0.376 e. The van der Waals surface area contributed by atoms with E-state index in [1.165, 1.54) is 11.3 Å². The predicted molar refractivity (Wildman–Crippen MR) is 83.3 cm³/mol. The van der Waals surface area contributed by atoms with Crippen LogP contribution in [0.1, 0.15) is 31.2 Å². The summed E-state index contributed by atoms with van der Waals surface area (Å²) in [5.41, 5.74) is 0.929. The van der Waals surface area contributed by atoms with Crippen LogP contribution in [0, 0.1) is 6.92 Å². The number of sulfonamides is 1. The molecule has 0 aromatic carbocycles. The Hall–Kier alpha value is -0.960. The Kier molecular flexibility index (Phi) is 4.54. The summed E-state index contributed by atoms with van der Waals surface area (Å²) in [4.78, 5) is 11.7. The maximum Gasteiger partial charge on any atom is 0.250 e. The lowest BCUT2D eigenvalue weighted by atomic mass is 9.93. The zero-order valence-corrected chi connectivity index (χ0v) is 14.0. The average molecular weight is 344 g/mol. The second-order valence-corrected chi connectivity index (χ2v) is 8.71. The SMILES string of the molecule is Cc1csc(S(=O)(=O)N[C@@H]2CCC(=O)N[C@@H]2[C@H]2CCCO2)c1. The summed E-state index contributed by atoms with van der Waals surface area (Å²) in [6, 6.07) is 1.04. The Balaban J connectivity index is 1.77. The predicted octanol–water partition coefficient (Wildman–Crippen LogP) is 1.16. The number of hydrogen-bond donors (Lipinski definition) is 2. The van der Waals surface area contributed by atoms with Crippen LogP contribution in [0.25, 0.3) is 0 Å². The lowest BCUT2D eigenvalue weighted by Gasteiger charge is -2.35. The van der Waals surface area contributed by atoms with E-state index in [2.05, 4.69) is 10.0 Å². The van der Waals surface area contributed by atoms with Crippen LogP contribution in [0.3, 0.4) is 0 Å². The van der Waals surface area contributed by atoms with Gasteiger partial charge in [0, 0.05) is 19.1 Å². The molecule has 3 rings (SSSR count). The lowest BCUT2D eigenvalue weighted by Crippen LogP contribution is -2.59. The molecule has 22 heavy (non-hydrogen) atoms. The quantitative estimate of drug-likeness (QED) is 0.858. The van der Waals surface area contributed by atoms with Crippen molar-refractivity contribution in [3.8, 4) is 0 Å². The molecule has 0 aliphatic carbocycles. The van der Waals surface area contributed by atoms with Gasteiger partial charge < -0.3 is 10.1 Å². The largest absolute Gasteiger partial charge is 0.376 e. The van der Waals surface area contributed by atoms with Crippen molar-refractivity contribution < 1.29 is 17.9 Å². The van der Waals surface area contributed by atoms with E-state index in [-0.39, 0.29) is 24.1 Å². The van der Waals surface area contributed by atoms with Gasteiger partial charge in [0.1, 0.15) is 4.21 Å². The molecule has 6 nitrogen and oxygen atoms in total. The van der Waals surface area contributed by atoms with Crippen LogP contribution in [-0.2, 0) is 19.6 Å². The molecule has 2 N–H and O–H groups in total. The molecular weight excluding hydrogens is 324 g/mol. The standard InChI is InChI=1S/C14H20N2O4S2/c1-9-7-13(21-8-9)22(18,19)16-10-4-5-12(17)15-14(10)11-3-2-6-20-11/h7-8,10-11,14,16H,2-6H2,1H3,(H,15,17)/t10-,11-,14+/m1/s1. The van der Waals surface area contributed by atoms with Crippen molar-refractivity contribution in [1.29, 1.82) is 0 Å². The van der Waals surface area contributed by atoms with E-state index >= 15 is 0 Å². The summed E-state index contributed by atoms with van der Waals surface area (Å²) in [5, 5.41) is 4.71. The number of amides is 1. The number of rotatable bonds is 4. The normalized spacial score (nSPS) is 29.5. The summed E-state index contributed by atoms with van der Waals surface area (Å²) in [7, 11) is -3.56. The van der Waals surface area contributed by atoms with Crippen molar-refractivity contribution in [2.24, 2.45) is 0 Å². The first-order chi connectivity index (χ1) is 10.5. The summed E-state index contributed by atoms with van der Waals surface area (Å²) in [6.07, 6.45) is 2.52. The minimum absolute atomic E-state index is 0.0390. The highest BCUT2D eigenvalue weighted by Gasteiger charge is 2.39. The van der Waals surface area contributed by atoms with Crippen LogP contribution >= 0.6 is 11.3 Å². The Morgan fingerprint density at radius 3 is 2.86 bits per heavy atom. The number of thiophene rings is 1. The molecule has 2 fully saturated rings. The molecule has 0 spiro atoms. The maximum absolute atomic E-state index is 12.5. The first-order valence-electron chi connectivity index (χ1n) is 7.44. The van der Waals surface area contributed by atoms with Gasteiger partial charge in [0.25, 0.3) is 0 Å². The van der Waals surface area contributed by atoms with E-state index in [1.54, 1.807) is 6.07 Å². The lowest BCUT2D eigenvalue weighted by molar-refractivity contribution is -0.125. The number of hydrogen-bond acceptors (Lipinski definition) is 5. The number of aryl methyl sites for hydroxylation is 1. The van der Waals surface area contributed by atoms with Crippen molar-refractivity contribution in [3.63, 3.8) is 0 Å². The third-order valence-electron chi connectivity index (χ3n) is 4.09. The Morgan fingerprint density at radius 1 is 1.41 bits per heavy atom. The summed E-state index contributed by atoms with van der Waals surface area (Å²) >= 11 is 1.21. The summed E-state index contributed by atoms with van der Waals surface area (Å²) in [6.45, 7) is 2.53. The van der Waals surface area contributed by atoms with Gasteiger partial charge in [-0.1, -0.05) is 0 Å².